The molecule has 1 N–H and O–H groups in total. The monoisotopic (exact) mass is 379 g/mol. The van der Waals surface area contributed by atoms with Crippen LogP contribution in [0.4, 0.5) is 0 Å². The topological polar surface area (TPSA) is 35.6 Å². The summed E-state index contributed by atoms with van der Waals surface area (Å²) in [5, 5.41) is 3.38. The van der Waals surface area contributed by atoms with Gasteiger partial charge in [-0.2, -0.15) is 0 Å². The Balaban J connectivity index is 0.00000144. The molecule has 3 aliphatic heterocycles. The largest absolute Gasteiger partial charge is 0.342 e. The van der Waals surface area contributed by atoms with E-state index in [0.717, 1.165) is 39.0 Å². The number of hydrogen-bond donors (Lipinski definition) is 1. The summed E-state index contributed by atoms with van der Waals surface area (Å²) < 4.78 is 0. The van der Waals surface area contributed by atoms with Gasteiger partial charge >= 0.3 is 0 Å². The van der Waals surface area contributed by atoms with Crippen molar-refractivity contribution >= 4 is 30.7 Å². The number of nitrogens with zero attached hydrogens (tertiary/aromatic N) is 2. The molecule has 3 fully saturated rings. The van der Waals surface area contributed by atoms with Crippen LogP contribution in [0.2, 0.25) is 0 Å². The quantitative estimate of drug-likeness (QED) is 0.818. The minimum Gasteiger partial charge on any atom is -0.342 e. The van der Waals surface area contributed by atoms with Crippen molar-refractivity contribution in [3.05, 3.63) is 0 Å². The summed E-state index contributed by atoms with van der Waals surface area (Å²) in [6.07, 6.45) is 10.3. The van der Waals surface area contributed by atoms with Gasteiger partial charge in [-0.15, -0.1) is 24.8 Å². The van der Waals surface area contributed by atoms with E-state index < -0.39 is 0 Å². The van der Waals surface area contributed by atoms with Crippen LogP contribution >= 0.6 is 24.8 Å². The Bertz CT molecular complexity index is 356. The molecule has 0 radical (unpaired) electrons. The fraction of sp³-hybridized carbons (Fsp3) is 0.944. The molecule has 0 saturated carbocycles. The maximum absolute atomic E-state index is 12.7. The van der Waals surface area contributed by atoms with Gasteiger partial charge in [0.2, 0.25) is 5.91 Å². The van der Waals surface area contributed by atoms with Crippen molar-refractivity contribution in [2.24, 2.45) is 11.8 Å². The van der Waals surface area contributed by atoms with Crippen molar-refractivity contribution in [3.63, 3.8) is 0 Å². The van der Waals surface area contributed by atoms with E-state index in [1.165, 1.54) is 58.2 Å². The second kappa shape index (κ2) is 11.6. The highest BCUT2D eigenvalue weighted by molar-refractivity contribution is 5.85. The molecule has 142 valence electrons. The standard InChI is InChI=1S/C18H33N3O.2ClH/c22-18(17-8-5-9-19-13-17)21-12-6-7-16(15-21)14-20-10-3-1-2-4-11-20;;/h16-17,19H,1-15H2;2*1H. The normalized spacial score (nSPS) is 29.1. The molecule has 0 spiro atoms. The van der Waals surface area contributed by atoms with Crippen LogP contribution in [0.3, 0.4) is 0 Å². The van der Waals surface area contributed by atoms with Crippen molar-refractivity contribution in [1.29, 1.82) is 0 Å². The number of amides is 1. The lowest BCUT2D eigenvalue weighted by molar-refractivity contribution is -0.138. The summed E-state index contributed by atoms with van der Waals surface area (Å²) in [5.41, 5.74) is 0. The SMILES string of the molecule is Cl.Cl.O=C(C1CCCNC1)N1CCCC(CN2CCCCCC2)C1. The first-order chi connectivity index (χ1) is 10.8. The van der Waals surface area contributed by atoms with Gasteiger partial charge in [0.25, 0.3) is 0 Å². The van der Waals surface area contributed by atoms with Crippen LogP contribution in [0.25, 0.3) is 0 Å². The molecule has 0 aromatic heterocycles. The predicted molar refractivity (Wildman–Crippen MR) is 104 cm³/mol. The fourth-order valence-electron chi connectivity index (χ4n) is 4.42. The Labute approximate surface area is 159 Å². The van der Waals surface area contributed by atoms with Crippen molar-refractivity contribution in [1.82, 2.24) is 15.1 Å². The van der Waals surface area contributed by atoms with E-state index in [-0.39, 0.29) is 30.7 Å². The minimum atomic E-state index is 0. The Kier molecular flexibility index (Phi) is 10.6. The lowest BCUT2D eigenvalue weighted by atomic mass is 9.93. The second-order valence-corrected chi connectivity index (χ2v) is 7.55. The summed E-state index contributed by atoms with van der Waals surface area (Å²) >= 11 is 0. The van der Waals surface area contributed by atoms with E-state index in [1.807, 2.05) is 0 Å². The molecule has 4 nitrogen and oxygen atoms in total. The summed E-state index contributed by atoms with van der Waals surface area (Å²) in [5.74, 6) is 1.37. The summed E-state index contributed by atoms with van der Waals surface area (Å²) in [6, 6.07) is 0. The molecule has 1 amide bonds. The summed E-state index contributed by atoms with van der Waals surface area (Å²) in [7, 11) is 0. The molecule has 2 unspecified atom stereocenters. The molecule has 3 rings (SSSR count). The lowest BCUT2D eigenvalue weighted by Crippen LogP contribution is -2.48. The first kappa shape index (κ1) is 22.0. The zero-order valence-electron chi connectivity index (χ0n) is 14.9. The fourth-order valence-corrected chi connectivity index (χ4v) is 4.42. The first-order valence-electron chi connectivity index (χ1n) is 9.55. The number of halogens is 2. The van der Waals surface area contributed by atoms with E-state index in [9.17, 15) is 4.79 Å². The van der Waals surface area contributed by atoms with Crippen LogP contribution in [0, 0.1) is 11.8 Å². The predicted octanol–water partition coefficient (Wildman–Crippen LogP) is 2.94. The first-order valence-corrected chi connectivity index (χ1v) is 9.55. The van der Waals surface area contributed by atoms with Crippen LogP contribution in [-0.4, -0.2) is 61.5 Å². The Morgan fingerprint density at radius 3 is 2.33 bits per heavy atom. The van der Waals surface area contributed by atoms with Crippen LogP contribution in [0.1, 0.15) is 51.4 Å². The molecule has 0 bridgehead atoms. The number of carbonyl (C=O) groups excluding carboxylic acids is 1. The molecule has 0 aromatic rings. The third-order valence-electron chi connectivity index (χ3n) is 5.69. The molecule has 2 atom stereocenters. The Morgan fingerprint density at radius 2 is 1.67 bits per heavy atom. The highest BCUT2D eigenvalue weighted by Crippen LogP contribution is 2.22. The average molecular weight is 380 g/mol. The van der Waals surface area contributed by atoms with Crippen molar-refractivity contribution in [3.8, 4) is 0 Å². The highest BCUT2D eigenvalue weighted by atomic mass is 35.5. The van der Waals surface area contributed by atoms with Crippen molar-refractivity contribution < 1.29 is 4.79 Å². The average Bonchev–Trinajstić information content (AvgIpc) is 2.84. The van der Waals surface area contributed by atoms with Gasteiger partial charge in [0.15, 0.2) is 0 Å². The molecule has 3 aliphatic rings. The number of likely N-dealkylation sites (tertiary alicyclic amines) is 2. The van der Waals surface area contributed by atoms with Crippen LogP contribution in [0.15, 0.2) is 0 Å². The van der Waals surface area contributed by atoms with Crippen molar-refractivity contribution in [2.45, 2.75) is 51.4 Å². The smallest absolute Gasteiger partial charge is 0.226 e. The third-order valence-corrected chi connectivity index (χ3v) is 5.69. The Morgan fingerprint density at radius 1 is 0.917 bits per heavy atom. The van der Waals surface area contributed by atoms with E-state index in [1.54, 1.807) is 0 Å². The molecule has 0 aromatic carbocycles. The van der Waals surface area contributed by atoms with E-state index in [4.69, 9.17) is 0 Å². The van der Waals surface area contributed by atoms with E-state index in [0.29, 0.717) is 11.8 Å². The van der Waals surface area contributed by atoms with E-state index in [2.05, 4.69) is 15.1 Å². The highest BCUT2D eigenvalue weighted by Gasteiger charge is 2.30. The molecular weight excluding hydrogens is 345 g/mol. The van der Waals surface area contributed by atoms with Crippen molar-refractivity contribution in [2.75, 3.05) is 45.8 Å². The van der Waals surface area contributed by atoms with Gasteiger partial charge in [-0.3, -0.25) is 4.79 Å². The van der Waals surface area contributed by atoms with Gasteiger partial charge in [-0.25, -0.2) is 0 Å². The van der Waals surface area contributed by atoms with Gasteiger partial charge in [0, 0.05) is 26.2 Å². The number of carbonyl (C=O) groups is 1. The molecule has 3 heterocycles. The van der Waals surface area contributed by atoms with E-state index >= 15 is 0 Å². The molecular formula is C18H35Cl2N3O. The number of rotatable bonds is 3. The maximum Gasteiger partial charge on any atom is 0.226 e. The third kappa shape index (κ3) is 6.36. The number of hydrogen-bond acceptors (Lipinski definition) is 3. The molecule has 24 heavy (non-hydrogen) atoms. The van der Waals surface area contributed by atoms with Crippen LogP contribution < -0.4 is 5.32 Å². The van der Waals surface area contributed by atoms with Gasteiger partial charge in [0.1, 0.15) is 0 Å². The minimum absolute atomic E-state index is 0. The number of piperidine rings is 2. The molecule has 6 heteroatoms. The summed E-state index contributed by atoms with van der Waals surface area (Å²) in [4.78, 5) is 17.6. The zero-order valence-corrected chi connectivity index (χ0v) is 16.5. The van der Waals surface area contributed by atoms with Crippen LogP contribution in [-0.2, 0) is 4.79 Å². The van der Waals surface area contributed by atoms with Gasteiger partial charge in [-0.05, 0) is 64.1 Å². The molecule has 0 aliphatic carbocycles. The number of nitrogens with one attached hydrogen (secondary N) is 1. The van der Waals surface area contributed by atoms with Gasteiger partial charge in [-0.1, -0.05) is 12.8 Å². The van der Waals surface area contributed by atoms with Gasteiger partial charge < -0.3 is 15.1 Å². The van der Waals surface area contributed by atoms with Crippen LogP contribution in [0.5, 0.6) is 0 Å². The summed E-state index contributed by atoms with van der Waals surface area (Å²) in [6.45, 7) is 7.74. The Hall–Kier alpha value is -0.0300. The zero-order chi connectivity index (χ0) is 15.2. The molecule has 3 saturated heterocycles. The lowest BCUT2D eigenvalue weighted by Gasteiger charge is -2.37. The second-order valence-electron chi connectivity index (χ2n) is 7.55. The maximum atomic E-state index is 12.7. The van der Waals surface area contributed by atoms with Gasteiger partial charge in [0.05, 0.1) is 5.92 Å².